The number of fused-ring (bicyclic) bond motifs is 1. The molecule has 0 aliphatic carbocycles. The summed E-state index contributed by atoms with van der Waals surface area (Å²) in [5.41, 5.74) is 3.88. The Labute approximate surface area is 199 Å². The molecule has 0 N–H and O–H groups in total. The molecule has 6 heterocycles. The van der Waals surface area contributed by atoms with E-state index in [0.29, 0.717) is 0 Å². The summed E-state index contributed by atoms with van der Waals surface area (Å²) in [5.74, 6) is 0.971. The Morgan fingerprint density at radius 1 is 0.941 bits per heavy atom. The van der Waals surface area contributed by atoms with Crippen LogP contribution in [0.5, 0.6) is 0 Å². The molecule has 0 saturated carbocycles. The van der Waals surface area contributed by atoms with E-state index in [9.17, 15) is 0 Å². The topological polar surface area (TPSA) is 77.8 Å². The van der Waals surface area contributed by atoms with Gasteiger partial charge in [0, 0.05) is 56.6 Å². The molecular formula is C25H32N6O3. The first-order valence-electron chi connectivity index (χ1n) is 12.4. The van der Waals surface area contributed by atoms with Crippen LogP contribution in [0.3, 0.4) is 0 Å². The molecule has 9 nitrogen and oxygen atoms in total. The molecule has 3 aliphatic rings. The van der Waals surface area contributed by atoms with E-state index in [-0.39, 0.29) is 12.3 Å². The standard InChI is InChI=1S/C25H32N6O3/c1-18-17-30(11-15-33-18)21-16-22(29-9-13-32-14-10-29)28-24-19(21)5-7-26-25(24)20-6-8-27-31(20)23-4-2-3-12-34-23/h5-8,16,18,23H,2-4,9-15,17H2,1H3/t18-,23?/m1/s1. The number of morpholine rings is 2. The van der Waals surface area contributed by atoms with Crippen molar-refractivity contribution in [3.05, 3.63) is 30.6 Å². The molecule has 3 aliphatic heterocycles. The molecule has 6 rings (SSSR count). The first-order chi connectivity index (χ1) is 16.8. The van der Waals surface area contributed by atoms with Gasteiger partial charge in [-0.3, -0.25) is 4.98 Å². The Morgan fingerprint density at radius 3 is 2.65 bits per heavy atom. The molecule has 34 heavy (non-hydrogen) atoms. The summed E-state index contributed by atoms with van der Waals surface area (Å²) in [4.78, 5) is 14.7. The smallest absolute Gasteiger partial charge is 0.150 e. The van der Waals surface area contributed by atoms with Crippen molar-refractivity contribution in [2.75, 3.05) is 62.4 Å². The Morgan fingerprint density at radius 2 is 1.82 bits per heavy atom. The van der Waals surface area contributed by atoms with Crippen LogP contribution in [0.2, 0.25) is 0 Å². The quantitative estimate of drug-likeness (QED) is 0.582. The maximum absolute atomic E-state index is 6.05. The number of nitrogens with zero attached hydrogens (tertiary/aromatic N) is 6. The fraction of sp³-hybridized carbons (Fsp3) is 0.560. The van der Waals surface area contributed by atoms with Crippen molar-refractivity contribution >= 4 is 22.4 Å². The third kappa shape index (κ3) is 4.12. The van der Waals surface area contributed by atoms with Crippen LogP contribution in [0.4, 0.5) is 11.5 Å². The van der Waals surface area contributed by atoms with Crippen molar-refractivity contribution in [1.29, 1.82) is 0 Å². The van der Waals surface area contributed by atoms with Crippen molar-refractivity contribution in [1.82, 2.24) is 19.7 Å². The highest BCUT2D eigenvalue weighted by atomic mass is 16.5. The average molecular weight is 465 g/mol. The Bertz CT molecular complexity index is 1140. The predicted molar refractivity (Wildman–Crippen MR) is 130 cm³/mol. The van der Waals surface area contributed by atoms with E-state index < -0.39 is 0 Å². The minimum absolute atomic E-state index is 0.0576. The molecule has 3 aromatic rings. The third-order valence-electron chi connectivity index (χ3n) is 6.95. The third-order valence-corrected chi connectivity index (χ3v) is 6.95. The lowest BCUT2D eigenvalue weighted by Crippen LogP contribution is -2.41. The van der Waals surface area contributed by atoms with E-state index in [2.05, 4.69) is 34.0 Å². The van der Waals surface area contributed by atoms with E-state index in [4.69, 9.17) is 24.2 Å². The van der Waals surface area contributed by atoms with E-state index in [1.54, 1.807) is 0 Å². The molecule has 3 fully saturated rings. The largest absolute Gasteiger partial charge is 0.378 e. The second-order valence-electron chi connectivity index (χ2n) is 9.26. The van der Waals surface area contributed by atoms with E-state index in [1.807, 2.05) is 23.1 Å². The Balaban J connectivity index is 1.50. The number of pyridine rings is 2. The number of hydrogen-bond acceptors (Lipinski definition) is 8. The first-order valence-corrected chi connectivity index (χ1v) is 12.4. The molecule has 3 aromatic heterocycles. The van der Waals surface area contributed by atoms with E-state index >= 15 is 0 Å². The van der Waals surface area contributed by atoms with E-state index in [0.717, 1.165) is 100.0 Å². The van der Waals surface area contributed by atoms with Crippen LogP contribution in [-0.4, -0.2) is 78.5 Å². The van der Waals surface area contributed by atoms with Crippen molar-refractivity contribution in [3.63, 3.8) is 0 Å². The summed E-state index contributed by atoms with van der Waals surface area (Å²) in [7, 11) is 0. The zero-order chi connectivity index (χ0) is 22.9. The number of hydrogen-bond donors (Lipinski definition) is 0. The fourth-order valence-corrected chi connectivity index (χ4v) is 5.21. The molecule has 0 radical (unpaired) electrons. The van der Waals surface area contributed by atoms with Gasteiger partial charge in [-0.05, 0) is 38.3 Å². The van der Waals surface area contributed by atoms with Gasteiger partial charge in [0.25, 0.3) is 0 Å². The predicted octanol–water partition coefficient (Wildman–Crippen LogP) is 3.25. The summed E-state index contributed by atoms with van der Waals surface area (Å²) in [5, 5.41) is 5.73. The van der Waals surface area contributed by atoms with Crippen LogP contribution in [0.1, 0.15) is 32.4 Å². The molecule has 0 aromatic carbocycles. The summed E-state index contributed by atoms with van der Waals surface area (Å²) >= 11 is 0. The van der Waals surface area contributed by atoms with Crippen LogP contribution < -0.4 is 9.80 Å². The number of anilines is 2. The molecule has 180 valence electrons. The maximum Gasteiger partial charge on any atom is 0.150 e. The molecule has 1 unspecified atom stereocenters. The molecule has 0 spiro atoms. The first kappa shape index (κ1) is 21.8. The highest BCUT2D eigenvalue weighted by Crippen LogP contribution is 2.36. The fourth-order valence-electron chi connectivity index (χ4n) is 5.21. The molecule has 9 heteroatoms. The zero-order valence-corrected chi connectivity index (χ0v) is 19.7. The molecular weight excluding hydrogens is 432 g/mol. The van der Waals surface area contributed by atoms with Gasteiger partial charge in [-0.15, -0.1) is 0 Å². The number of aromatic nitrogens is 4. The van der Waals surface area contributed by atoms with Gasteiger partial charge in [-0.25, -0.2) is 9.67 Å². The SMILES string of the molecule is C[C@@H]1CN(c2cc(N3CCOCC3)nc3c(-c4ccnn4C4CCCCO4)nccc23)CCO1. The van der Waals surface area contributed by atoms with Gasteiger partial charge in [0.15, 0.2) is 6.23 Å². The molecule has 3 saturated heterocycles. The van der Waals surface area contributed by atoms with Crippen molar-refractivity contribution < 1.29 is 14.2 Å². The van der Waals surface area contributed by atoms with Gasteiger partial charge in [-0.2, -0.15) is 5.10 Å². The number of rotatable bonds is 4. The van der Waals surface area contributed by atoms with Crippen molar-refractivity contribution in [3.8, 4) is 11.4 Å². The second kappa shape index (κ2) is 9.48. The zero-order valence-electron chi connectivity index (χ0n) is 19.7. The van der Waals surface area contributed by atoms with Gasteiger partial charge in [0.05, 0.1) is 37.3 Å². The van der Waals surface area contributed by atoms with Crippen LogP contribution in [-0.2, 0) is 14.2 Å². The van der Waals surface area contributed by atoms with Crippen LogP contribution in [0.25, 0.3) is 22.3 Å². The molecule has 0 amide bonds. The van der Waals surface area contributed by atoms with Crippen LogP contribution >= 0.6 is 0 Å². The second-order valence-corrected chi connectivity index (χ2v) is 9.26. The maximum atomic E-state index is 6.05. The summed E-state index contributed by atoms with van der Waals surface area (Å²) in [6.07, 6.45) is 7.07. The van der Waals surface area contributed by atoms with Gasteiger partial charge in [-0.1, -0.05) is 0 Å². The van der Waals surface area contributed by atoms with E-state index in [1.165, 1.54) is 5.69 Å². The number of ether oxygens (including phenoxy) is 3. The van der Waals surface area contributed by atoms with Gasteiger partial charge < -0.3 is 24.0 Å². The Hall–Kier alpha value is -2.75. The van der Waals surface area contributed by atoms with Crippen LogP contribution in [0, 0.1) is 0 Å². The lowest BCUT2D eigenvalue weighted by molar-refractivity contribution is -0.0383. The van der Waals surface area contributed by atoms with Gasteiger partial charge in [0.2, 0.25) is 0 Å². The monoisotopic (exact) mass is 464 g/mol. The lowest BCUT2D eigenvalue weighted by Gasteiger charge is -2.35. The normalized spacial score (nSPS) is 24.0. The highest BCUT2D eigenvalue weighted by molar-refractivity contribution is 6.00. The lowest BCUT2D eigenvalue weighted by atomic mass is 10.1. The van der Waals surface area contributed by atoms with Gasteiger partial charge >= 0.3 is 0 Å². The van der Waals surface area contributed by atoms with Gasteiger partial charge in [0.1, 0.15) is 17.0 Å². The average Bonchev–Trinajstić information content (AvgIpc) is 3.38. The minimum Gasteiger partial charge on any atom is -0.378 e. The summed E-state index contributed by atoms with van der Waals surface area (Å²) in [6.45, 7) is 8.44. The highest BCUT2D eigenvalue weighted by Gasteiger charge is 2.26. The summed E-state index contributed by atoms with van der Waals surface area (Å²) in [6, 6.07) is 6.35. The minimum atomic E-state index is -0.0576. The Kier molecular flexibility index (Phi) is 6.07. The van der Waals surface area contributed by atoms with Crippen molar-refractivity contribution in [2.45, 2.75) is 38.5 Å². The molecule has 2 atom stereocenters. The summed E-state index contributed by atoms with van der Waals surface area (Å²) < 4.78 is 19.5. The molecule has 0 bridgehead atoms. The van der Waals surface area contributed by atoms with Crippen LogP contribution in [0.15, 0.2) is 30.6 Å². The van der Waals surface area contributed by atoms with Crippen molar-refractivity contribution in [2.24, 2.45) is 0 Å².